The summed E-state index contributed by atoms with van der Waals surface area (Å²) in [6, 6.07) is 6.63. The van der Waals surface area contributed by atoms with E-state index < -0.39 is 0 Å². The van der Waals surface area contributed by atoms with Crippen LogP contribution in [0.1, 0.15) is 55.2 Å². The predicted molar refractivity (Wildman–Crippen MR) is 71.4 cm³/mol. The molecule has 100 valence electrons. The number of benzene rings is 1. The van der Waals surface area contributed by atoms with Gasteiger partial charge in [-0.05, 0) is 30.5 Å². The highest BCUT2D eigenvalue weighted by atomic mass is 19.1. The molecule has 19 heavy (non-hydrogen) atoms. The second-order valence-electron chi connectivity index (χ2n) is 5.28. The molecule has 0 amide bonds. The number of aromatic nitrogens is 3. The summed E-state index contributed by atoms with van der Waals surface area (Å²) in [7, 11) is 0. The van der Waals surface area contributed by atoms with Crippen LogP contribution in [-0.2, 0) is 6.42 Å². The van der Waals surface area contributed by atoms with Gasteiger partial charge in [-0.2, -0.15) is 5.10 Å². The lowest BCUT2D eigenvalue weighted by Crippen LogP contribution is -2.06. The number of aromatic amines is 1. The van der Waals surface area contributed by atoms with Crippen LogP contribution in [0.2, 0.25) is 0 Å². The molecule has 3 rings (SSSR count). The first-order valence-corrected chi connectivity index (χ1v) is 6.97. The lowest BCUT2D eigenvalue weighted by Gasteiger charge is -2.17. The lowest BCUT2D eigenvalue weighted by atomic mass is 9.89. The van der Waals surface area contributed by atoms with Gasteiger partial charge in [-0.1, -0.05) is 31.4 Å². The van der Waals surface area contributed by atoms with E-state index in [1.807, 2.05) is 6.07 Å². The molecule has 1 aromatic carbocycles. The molecule has 1 aliphatic carbocycles. The van der Waals surface area contributed by atoms with Crippen molar-refractivity contribution in [1.29, 1.82) is 0 Å². The standard InChI is InChI=1S/C15H18FN3/c16-13-8-4-5-11(9-13)10-14-17-15(19-18-14)12-6-2-1-3-7-12/h4-5,8-9,12H,1-3,6-7,10H2,(H,17,18,19). The summed E-state index contributed by atoms with van der Waals surface area (Å²) < 4.78 is 13.1. The minimum atomic E-state index is -0.204. The number of hydrogen-bond donors (Lipinski definition) is 1. The van der Waals surface area contributed by atoms with Crippen molar-refractivity contribution in [2.24, 2.45) is 0 Å². The highest BCUT2D eigenvalue weighted by Crippen LogP contribution is 2.30. The maximum atomic E-state index is 13.1. The van der Waals surface area contributed by atoms with Crippen LogP contribution in [0.3, 0.4) is 0 Å². The van der Waals surface area contributed by atoms with Crippen molar-refractivity contribution in [3.05, 3.63) is 47.3 Å². The van der Waals surface area contributed by atoms with Gasteiger partial charge in [0.15, 0.2) is 5.82 Å². The summed E-state index contributed by atoms with van der Waals surface area (Å²) in [4.78, 5) is 4.57. The average molecular weight is 259 g/mol. The molecular formula is C15H18FN3. The summed E-state index contributed by atoms with van der Waals surface area (Å²) in [6.45, 7) is 0. The first-order valence-electron chi connectivity index (χ1n) is 6.97. The molecule has 3 nitrogen and oxygen atoms in total. The van der Waals surface area contributed by atoms with E-state index in [2.05, 4.69) is 15.2 Å². The molecule has 0 bridgehead atoms. The number of H-pyrrole nitrogens is 1. The monoisotopic (exact) mass is 259 g/mol. The van der Waals surface area contributed by atoms with Crippen LogP contribution in [-0.4, -0.2) is 15.2 Å². The third kappa shape index (κ3) is 3.00. The lowest BCUT2D eigenvalue weighted by molar-refractivity contribution is 0.429. The van der Waals surface area contributed by atoms with Gasteiger partial charge in [-0.3, -0.25) is 5.10 Å². The van der Waals surface area contributed by atoms with E-state index in [-0.39, 0.29) is 5.82 Å². The van der Waals surface area contributed by atoms with Crippen molar-refractivity contribution < 1.29 is 4.39 Å². The molecule has 0 spiro atoms. The fourth-order valence-corrected chi connectivity index (χ4v) is 2.77. The van der Waals surface area contributed by atoms with Crippen LogP contribution in [0.4, 0.5) is 4.39 Å². The molecule has 0 atom stereocenters. The van der Waals surface area contributed by atoms with Gasteiger partial charge >= 0.3 is 0 Å². The highest BCUT2D eigenvalue weighted by Gasteiger charge is 2.19. The van der Waals surface area contributed by atoms with Crippen LogP contribution in [0.5, 0.6) is 0 Å². The largest absolute Gasteiger partial charge is 0.263 e. The number of halogens is 1. The molecule has 4 heteroatoms. The molecule has 1 heterocycles. The molecule has 1 N–H and O–H groups in total. The Morgan fingerprint density at radius 2 is 2.05 bits per heavy atom. The van der Waals surface area contributed by atoms with Gasteiger partial charge in [-0.25, -0.2) is 9.37 Å². The minimum Gasteiger partial charge on any atom is -0.263 e. The third-order valence-electron chi connectivity index (χ3n) is 3.78. The Balaban J connectivity index is 1.70. The fourth-order valence-electron chi connectivity index (χ4n) is 2.77. The zero-order valence-corrected chi connectivity index (χ0v) is 10.9. The maximum Gasteiger partial charge on any atom is 0.153 e. The number of hydrogen-bond acceptors (Lipinski definition) is 2. The first kappa shape index (κ1) is 12.3. The van der Waals surface area contributed by atoms with E-state index in [0.717, 1.165) is 17.2 Å². The van der Waals surface area contributed by atoms with Gasteiger partial charge < -0.3 is 0 Å². The Morgan fingerprint density at radius 1 is 1.21 bits per heavy atom. The highest BCUT2D eigenvalue weighted by molar-refractivity contribution is 5.20. The van der Waals surface area contributed by atoms with Crippen LogP contribution < -0.4 is 0 Å². The van der Waals surface area contributed by atoms with Crippen molar-refractivity contribution in [2.45, 2.75) is 44.4 Å². The summed E-state index contributed by atoms with van der Waals surface area (Å²) in [5.41, 5.74) is 0.923. The number of rotatable bonds is 3. The van der Waals surface area contributed by atoms with Gasteiger partial charge in [0, 0.05) is 12.3 Å². The Hall–Kier alpha value is -1.71. The minimum absolute atomic E-state index is 0.204. The number of nitrogens with one attached hydrogen (secondary N) is 1. The van der Waals surface area contributed by atoms with E-state index in [9.17, 15) is 4.39 Å². The van der Waals surface area contributed by atoms with Crippen LogP contribution in [0.25, 0.3) is 0 Å². The molecule has 0 radical (unpaired) electrons. The normalized spacial score (nSPS) is 16.7. The topological polar surface area (TPSA) is 41.6 Å². The Labute approximate surface area is 112 Å². The molecule has 1 aliphatic rings. The van der Waals surface area contributed by atoms with Gasteiger partial charge in [0.25, 0.3) is 0 Å². The third-order valence-corrected chi connectivity index (χ3v) is 3.78. The Kier molecular flexibility index (Phi) is 3.58. The molecule has 0 unspecified atom stereocenters. The van der Waals surface area contributed by atoms with Crippen LogP contribution in [0, 0.1) is 5.82 Å². The molecule has 0 aliphatic heterocycles. The van der Waals surface area contributed by atoms with E-state index in [1.165, 1.54) is 38.2 Å². The van der Waals surface area contributed by atoms with Gasteiger partial charge in [-0.15, -0.1) is 0 Å². The van der Waals surface area contributed by atoms with Gasteiger partial charge in [0.1, 0.15) is 11.6 Å². The molecule has 2 aromatic rings. The van der Waals surface area contributed by atoms with Gasteiger partial charge in [0.05, 0.1) is 0 Å². The molecule has 0 saturated heterocycles. The van der Waals surface area contributed by atoms with E-state index in [4.69, 9.17) is 0 Å². The van der Waals surface area contributed by atoms with Crippen LogP contribution in [0.15, 0.2) is 24.3 Å². The van der Waals surface area contributed by atoms with Crippen LogP contribution >= 0.6 is 0 Å². The fraction of sp³-hybridized carbons (Fsp3) is 0.467. The molecular weight excluding hydrogens is 241 g/mol. The second kappa shape index (κ2) is 5.51. The summed E-state index contributed by atoms with van der Waals surface area (Å²) >= 11 is 0. The van der Waals surface area contributed by atoms with Crippen molar-refractivity contribution in [1.82, 2.24) is 15.2 Å². The smallest absolute Gasteiger partial charge is 0.153 e. The van der Waals surface area contributed by atoms with Crippen molar-refractivity contribution in [2.75, 3.05) is 0 Å². The van der Waals surface area contributed by atoms with E-state index in [0.29, 0.717) is 12.3 Å². The maximum absolute atomic E-state index is 13.1. The summed E-state index contributed by atoms with van der Waals surface area (Å²) in [5, 5.41) is 7.32. The van der Waals surface area contributed by atoms with Crippen molar-refractivity contribution >= 4 is 0 Å². The SMILES string of the molecule is Fc1cccc(Cc2nc(C3CCCCC3)n[nH]2)c1. The zero-order valence-electron chi connectivity index (χ0n) is 10.9. The Morgan fingerprint density at radius 3 is 2.84 bits per heavy atom. The predicted octanol–water partition coefficient (Wildman–Crippen LogP) is 3.58. The summed E-state index contributed by atoms with van der Waals surface area (Å²) in [5.74, 6) is 2.06. The first-order chi connectivity index (χ1) is 9.31. The average Bonchev–Trinajstić information content (AvgIpc) is 2.88. The number of nitrogens with zero attached hydrogens (tertiary/aromatic N) is 2. The van der Waals surface area contributed by atoms with E-state index in [1.54, 1.807) is 12.1 Å². The quantitative estimate of drug-likeness (QED) is 0.915. The molecule has 1 saturated carbocycles. The van der Waals surface area contributed by atoms with E-state index >= 15 is 0 Å². The summed E-state index contributed by atoms with van der Waals surface area (Å²) in [6.07, 6.45) is 6.87. The second-order valence-corrected chi connectivity index (χ2v) is 5.28. The zero-order chi connectivity index (χ0) is 13.1. The van der Waals surface area contributed by atoms with Crippen molar-refractivity contribution in [3.63, 3.8) is 0 Å². The van der Waals surface area contributed by atoms with Gasteiger partial charge in [0.2, 0.25) is 0 Å². The van der Waals surface area contributed by atoms with Crippen molar-refractivity contribution in [3.8, 4) is 0 Å². The molecule has 1 fully saturated rings. The Bertz CT molecular complexity index is 544. The molecule has 1 aromatic heterocycles.